The molecule has 226 valence electrons. The lowest BCUT2D eigenvalue weighted by Crippen LogP contribution is -2.25. The molecule has 1 heterocycles. The number of nitrogens with zero attached hydrogens (tertiary/aromatic N) is 4. The standard InChI is InChI=1S/C29H32N6O6S2/c1-5-41-22-14-12-21(13-15-22)31-27(36)19-42-29-33-32-26(35(29)24-8-6-7-9-25(24)40-4)18-30-28(37)20-10-16-23(17-11-20)43(38,39)34(2)3/h6-17H,5,18-19H2,1-4H3,(H,30,37)(H,31,36). The highest BCUT2D eigenvalue weighted by molar-refractivity contribution is 7.99. The van der Waals surface area contributed by atoms with Gasteiger partial charge in [-0.15, -0.1) is 10.2 Å². The fraction of sp³-hybridized carbons (Fsp3) is 0.241. The van der Waals surface area contributed by atoms with Crippen LogP contribution in [0.5, 0.6) is 11.5 Å². The van der Waals surface area contributed by atoms with E-state index in [9.17, 15) is 18.0 Å². The van der Waals surface area contributed by atoms with E-state index < -0.39 is 15.9 Å². The van der Waals surface area contributed by atoms with Crippen LogP contribution < -0.4 is 20.1 Å². The third kappa shape index (κ3) is 7.71. The van der Waals surface area contributed by atoms with Crippen molar-refractivity contribution in [3.8, 4) is 17.2 Å². The summed E-state index contributed by atoms with van der Waals surface area (Å²) in [7, 11) is 0.806. The second-order valence-corrected chi connectivity index (χ2v) is 12.3. The van der Waals surface area contributed by atoms with Gasteiger partial charge in [0.05, 0.1) is 36.6 Å². The smallest absolute Gasteiger partial charge is 0.251 e. The summed E-state index contributed by atoms with van der Waals surface area (Å²) in [4.78, 5) is 25.7. The average Bonchev–Trinajstić information content (AvgIpc) is 3.42. The highest BCUT2D eigenvalue weighted by atomic mass is 32.2. The van der Waals surface area contributed by atoms with Crippen LogP contribution in [0.25, 0.3) is 5.69 Å². The Morgan fingerprint density at radius 3 is 2.33 bits per heavy atom. The molecular formula is C29H32N6O6S2. The van der Waals surface area contributed by atoms with E-state index in [-0.39, 0.29) is 28.7 Å². The predicted molar refractivity (Wildman–Crippen MR) is 163 cm³/mol. The van der Waals surface area contributed by atoms with E-state index in [0.29, 0.717) is 40.5 Å². The number of anilines is 1. The van der Waals surface area contributed by atoms with E-state index in [0.717, 1.165) is 4.31 Å². The number of thioether (sulfide) groups is 1. The lowest BCUT2D eigenvalue weighted by atomic mass is 10.2. The summed E-state index contributed by atoms with van der Waals surface area (Å²) in [6.07, 6.45) is 0. The number of carbonyl (C=O) groups is 2. The number of benzene rings is 3. The van der Waals surface area contributed by atoms with Crippen LogP contribution in [0.1, 0.15) is 23.1 Å². The Balaban J connectivity index is 1.49. The van der Waals surface area contributed by atoms with Crippen LogP contribution >= 0.6 is 11.8 Å². The highest BCUT2D eigenvalue weighted by Crippen LogP contribution is 2.29. The molecular weight excluding hydrogens is 592 g/mol. The van der Waals surface area contributed by atoms with Crippen molar-refractivity contribution in [3.05, 3.63) is 84.2 Å². The van der Waals surface area contributed by atoms with E-state index in [4.69, 9.17) is 9.47 Å². The van der Waals surface area contributed by atoms with Crippen molar-refractivity contribution in [2.24, 2.45) is 0 Å². The molecule has 0 bridgehead atoms. The van der Waals surface area contributed by atoms with Crippen molar-refractivity contribution in [1.29, 1.82) is 0 Å². The number of nitrogens with one attached hydrogen (secondary N) is 2. The van der Waals surface area contributed by atoms with Gasteiger partial charge in [-0.2, -0.15) is 0 Å². The van der Waals surface area contributed by atoms with E-state index in [1.807, 2.05) is 25.1 Å². The minimum absolute atomic E-state index is 0.000561. The molecule has 0 aliphatic heterocycles. The molecule has 3 aromatic carbocycles. The number of hydrogen-bond donors (Lipinski definition) is 2. The number of rotatable bonds is 13. The number of ether oxygens (including phenoxy) is 2. The molecule has 1 aromatic heterocycles. The third-order valence-corrected chi connectivity index (χ3v) is 8.87. The Labute approximate surface area is 254 Å². The summed E-state index contributed by atoms with van der Waals surface area (Å²) in [5.74, 6) is 1.06. The van der Waals surface area contributed by atoms with Crippen LogP contribution in [-0.2, 0) is 21.4 Å². The van der Waals surface area contributed by atoms with E-state index in [1.165, 1.54) is 50.1 Å². The van der Waals surface area contributed by atoms with Gasteiger partial charge in [0.25, 0.3) is 5.91 Å². The zero-order valence-electron chi connectivity index (χ0n) is 24.1. The largest absolute Gasteiger partial charge is 0.495 e. The fourth-order valence-corrected chi connectivity index (χ4v) is 5.61. The van der Waals surface area contributed by atoms with E-state index in [2.05, 4.69) is 20.8 Å². The summed E-state index contributed by atoms with van der Waals surface area (Å²) in [6, 6.07) is 20.0. The Bertz CT molecular complexity index is 1670. The van der Waals surface area contributed by atoms with Crippen LogP contribution in [0.2, 0.25) is 0 Å². The van der Waals surface area contributed by atoms with E-state index in [1.54, 1.807) is 42.0 Å². The zero-order valence-corrected chi connectivity index (χ0v) is 25.7. The molecule has 12 nitrogen and oxygen atoms in total. The number of aromatic nitrogens is 3. The lowest BCUT2D eigenvalue weighted by Gasteiger charge is -2.14. The quantitative estimate of drug-likeness (QED) is 0.213. The van der Waals surface area contributed by atoms with Crippen LogP contribution in [0.4, 0.5) is 5.69 Å². The average molecular weight is 625 g/mol. The zero-order chi connectivity index (χ0) is 31.0. The van der Waals surface area contributed by atoms with Crippen LogP contribution in [-0.4, -0.2) is 72.9 Å². The maximum absolute atomic E-state index is 12.9. The van der Waals surface area contributed by atoms with Gasteiger partial charge in [0.1, 0.15) is 11.5 Å². The number of methoxy groups -OCH3 is 1. The number of amides is 2. The van der Waals surface area contributed by atoms with Gasteiger partial charge in [-0.1, -0.05) is 23.9 Å². The molecule has 4 aromatic rings. The van der Waals surface area contributed by atoms with Crippen molar-refractivity contribution < 1.29 is 27.5 Å². The first-order valence-electron chi connectivity index (χ1n) is 13.2. The van der Waals surface area contributed by atoms with Crippen molar-refractivity contribution >= 4 is 39.3 Å². The third-order valence-electron chi connectivity index (χ3n) is 6.11. The topological polar surface area (TPSA) is 145 Å². The second kappa shape index (κ2) is 14.2. The van der Waals surface area contributed by atoms with Crippen molar-refractivity contribution in [1.82, 2.24) is 24.4 Å². The first-order chi connectivity index (χ1) is 20.6. The van der Waals surface area contributed by atoms with Crippen LogP contribution in [0, 0.1) is 0 Å². The summed E-state index contributed by atoms with van der Waals surface area (Å²) >= 11 is 1.18. The molecule has 14 heteroatoms. The first-order valence-corrected chi connectivity index (χ1v) is 15.6. The van der Waals surface area contributed by atoms with Gasteiger partial charge in [0.15, 0.2) is 11.0 Å². The van der Waals surface area contributed by atoms with Crippen molar-refractivity contribution in [3.63, 3.8) is 0 Å². The summed E-state index contributed by atoms with van der Waals surface area (Å²) < 4.78 is 38.5. The van der Waals surface area contributed by atoms with E-state index >= 15 is 0 Å². The van der Waals surface area contributed by atoms with Gasteiger partial charge in [-0.25, -0.2) is 12.7 Å². The maximum atomic E-state index is 12.9. The number of carbonyl (C=O) groups excluding carboxylic acids is 2. The summed E-state index contributed by atoms with van der Waals surface area (Å²) in [6.45, 7) is 2.45. The molecule has 0 fully saturated rings. The Kier molecular flexibility index (Phi) is 10.4. The number of para-hydroxylation sites is 2. The monoisotopic (exact) mass is 624 g/mol. The lowest BCUT2D eigenvalue weighted by molar-refractivity contribution is -0.113. The molecule has 0 spiro atoms. The van der Waals surface area contributed by atoms with Gasteiger partial charge in [-0.05, 0) is 67.6 Å². The highest BCUT2D eigenvalue weighted by Gasteiger charge is 2.21. The maximum Gasteiger partial charge on any atom is 0.251 e. The SMILES string of the molecule is CCOc1ccc(NC(=O)CSc2nnc(CNC(=O)c3ccc(S(=O)(=O)N(C)C)cc3)n2-c2ccccc2OC)cc1. The minimum atomic E-state index is -3.62. The molecule has 0 radical (unpaired) electrons. The Morgan fingerprint density at radius 2 is 1.67 bits per heavy atom. The van der Waals surface area contributed by atoms with Gasteiger partial charge < -0.3 is 20.1 Å². The van der Waals surface area contributed by atoms with Gasteiger partial charge in [0.2, 0.25) is 15.9 Å². The number of sulfonamides is 1. The first kappa shape index (κ1) is 31.5. The van der Waals surface area contributed by atoms with Crippen molar-refractivity contribution in [2.45, 2.75) is 23.5 Å². The molecule has 0 saturated heterocycles. The minimum Gasteiger partial charge on any atom is -0.495 e. The fourth-order valence-electron chi connectivity index (χ4n) is 3.94. The van der Waals surface area contributed by atoms with Gasteiger partial charge in [0, 0.05) is 25.3 Å². The van der Waals surface area contributed by atoms with Gasteiger partial charge >= 0.3 is 0 Å². The molecule has 0 aliphatic rings. The molecule has 0 atom stereocenters. The molecule has 2 N–H and O–H groups in total. The Morgan fingerprint density at radius 1 is 0.977 bits per heavy atom. The molecule has 4 rings (SSSR count). The predicted octanol–water partition coefficient (Wildman–Crippen LogP) is 3.59. The molecule has 2 amide bonds. The normalized spacial score (nSPS) is 11.3. The molecule has 0 unspecified atom stereocenters. The molecule has 43 heavy (non-hydrogen) atoms. The number of hydrogen-bond acceptors (Lipinski definition) is 9. The summed E-state index contributed by atoms with van der Waals surface area (Å²) in [5.41, 5.74) is 1.55. The second-order valence-electron chi connectivity index (χ2n) is 9.19. The summed E-state index contributed by atoms with van der Waals surface area (Å²) in [5, 5.41) is 14.7. The molecule has 0 saturated carbocycles. The molecule has 0 aliphatic carbocycles. The van der Waals surface area contributed by atoms with Crippen molar-refractivity contribution in [2.75, 3.05) is 38.9 Å². The Hall–Kier alpha value is -4.40. The van der Waals surface area contributed by atoms with Gasteiger partial charge in [-0.3, -0.25) is 14.2 Å². The van der Waals surface area contributed by atoms with Crippen LogP contribution in [0.15, 0.2) is 82.8 Å². The van der Waals surface area contributed by atoms with Crippen LogP contribution in [0.3, 0.4) is 0 Å².